The number of unbranched alkanes of at least 4 members (excludes halogenated alkanes) is 1. The van der Waals surface area contributed by atoms with Gasteiger partial charge in [0, 0.05) is 0 Å². The lowest BCUT2D eigenvalue weighted by atomic mass is 10.3. The summed E-state index contributed by atoms with van der Waals surface area (Å²) in [5, 5.41) is 3.18. The number of nitrogens with zero attached hydrogens (tertiary/aromatic N) is 1. The molecule has 5 nitrogen and oxygen atoms in total. The molecule has 0 radical (unpaired) electrons. The number of carbonyl (C=O) groups excluding carboxylic acids is 1. The number of amides is 1. The molecule has 1 N–H and O–H groups in total. The van der Waals surface area contributed by atoms with Gasteiger partial charge in [0.2, 0.25) is 0 Å². The van der Waals surface area contributed by atoms with Crippen molar-refractivity contribution in [2.24, 2.45) is 0 Å². The first-order valence-corrected chi connectivity index (χ1v) is 7.51. The van der Waals surface area contributed by atoms with Gasteiger partial charge in [-0.15, -0.1) is 0 Å². The van der Waals surface area contributed by atoms with Gasteiger partial charge in [0.15, 0.2) is 5.13 Å². The number of thiazole rings is 1. The SMILES string of the molecule is CCCCOC(=O)Nc1nc2ccc(OCC)cc2s1. The molecule has 0 fully saturated rings. The van der Waals surface area contributed by atoms with Crippen LogP contribution in [-0.4, -0.2) is 24.3 Å². The number of hydrogen-bond donors (Lipinski definition) is 1. The molecule has 108 valence electrons. The average molecular weight is 294 g/mol. The molecule has 0 saturated carbocycles. The van der Waals surface area contributed by atoms with E-state index in [1.165, 1.54) is 11.3 Å². The van der Waals surface area contributed by atoms with Gasteiger partial charge >= 0.3 is 6.09 Å². The van der Waals surface area contributed by atoms with Crippen molar-refractivity contribution in [3.05, 3.63) is 18.2 Å². The summed E-state index contributed by atoms with van der Waals surface area (Å²) >= 11 is 1.40. The standard InChI is InChI=1S/C14H18N2O3S/c1-3-5-8-19-14(17)16-13-15-11-7-6-10(18-4-2)9-12(11)20-13/h6-7,9H,3-5,8H2,1-2H3,(H,15,16,17). The molecule has 0 bridgehead atoms. The molecule has 0 aliphatic carbocycles. The zero-order chi connectivity index (χ0) is 14.4. The van der Waals surface area contributed by atoms with E-state index in [4.69, 9.17) is 9.47 Å². The summed E-state index contributed by atoms with van der Waals surface area (Å²) < 4.78 is 11.4. The molecule has 2 rings (SSSR count). The molecule has 1 amide bonds. The maximum atomic E-state index is 11.5. The van der Waals surface area contributed by atoms with E-state index in [1.807, 2.05) is 32.0 Å². The first-order chi connectivity index (χ1) is 9.72. The number of ether oxygens (including phenoxy) is 2. The number of rotatable bonds is 6. The summed E-state index contributed by atoms with van der Waals surface area (Å²) in [6.07, 6.45) is 1.40. The minimum atomic E-state index is -0.456. The van der Waals surface area contributed by atoms with Crippen LogP contribution in [0.4, 0.5) is 9.93 Å². The van der Waals surface area contributed by atoms with Crippen LogP contribution in [0.25, 0.3) is 10.2 Å². The smallest absolute Gasteiger partial charge is 0.413 e. The molecule has 0 unspecified atom stereocenters. The summed E-state index contributed by atoms with van der Waals surface area (Å²) in [5.41, 5.74) is 0.835. The summed E-state index contributed by atoms with van der Waals surface area (Å²) in [5.74, 6) is 0.806. The van der Waals surface area contributed by atoms with E-state index in [0.717, 1.165) is 28.8 Å². The molecule has 1 heterocycles. The Bertz CT molecular complexity index is 583. The van der Waals surface area contributed by atoms with Gasteiger partial charge in [0.1, 0.15) is 5.75 Å². The molecule has 0 atom stereocenters. The van der Waals surface area contributed by atoms with Crippen LogP contribution >= 0.6 is 11.3 Å². The number of benzene rings is 1. The van der Waals surface area contributed by atoms with Crippen molar-refractivity contribution in [1.82, 2.24) is 4.98 Å². The van der Waals surface area contributed by atoms with Gasteiger partial charge in [-0.05, 0) is 31.5 Å². The van der Waals surface area contributed by atoms with Gasteiger partial charge in [-0.2, -0.15) is 0 Å². The third kappa shape index (κ3) is 3.84. The highest BCUT2D eigenvalue weighted by Gasteiger charge is 2.09. The summed E-state index contributed by atoms with van der Waals surface area (Å²) in [6, 6.07) is 5.67. The minimum absolute atomic E-state index is 0.432. The fourth-order valence-electron chi connectivity index (χ4n) is 1.65. The predicted octanol–water partition coefficient (Wildman–Crippen LogP) is 4.04. The quantitative estimate of drug-likeness (QED) is 0.817. The molecular formula is C14H18N2O3S. The molecule has 0 aliphatic heterocycles. The van der Waals surface area contributed by atoms with Crippen LogP contribution in [-0.2, 0) is 4.74 Å². The number of aromatic nitrogens is 1. The van der Waals surface area contributed by atoms with Crippen LogP contribution in [0.5, 0.6) is 5.75 Å². The Morgan fingerprint density at radius 1 is 1.40 bits per heavy atom. The first-order valence-electron chi connectivity index (χ1n) is 6.70. The van der Waals surface area contributed by atoms with E-state index in [0.29, 0.717) is 18.3 Å². The van der Waals surface area contributed by atoms with Crippen molar-refractivity contribution in [1.29, 1.82) is 0 Å². The first kappa shape index (κ1) is 14.6. The number of nitrogens with one attached hydrogen (secondary N) is 1. The van der Waals surface area contributed by atoms with Crippen LogP contribution in [0.2, 0.25) is 0 Å². The van der Waals surface area contributed by atoms with Crippen molar-refractivity contribution < 1.29 is 14.3 Å². The number of fused-ring (bicyclic) bond motifs is 1. The maximum Gasteiger partial charge on any atom is 0.413 e. The van der Waals surface area contributed by atoms with E-state index in [1.54, 1.807) is 0 Å². The van der Waals surface area contributed by atoms with Crippen LogP contribution < -0.4 is 10.1 Å². The minimum Gasteiger partial charge on any atom is -0.494 e. The Balaban J connectivity index is 2.02. The van der Waals surface area contributed by atoms with Crippen LogP contribution in [0, 0.1) is 0 Å². The van der Waals surface area contributed by atoms with E-state index < -0.39 is 6.09 Å². The summed E-state index contributed by atoms with van der Waals surface area (Å²) in [7, 11) is 0. The monoisotopic (exact) mass is 294 g/mol. The van der Waals surface area contributed by atoms with Gasteiger partial charge in [-0.25, -0.2) is 9.78 Å². The fraction of sp³-hybridized carbons (Fsp3) is 0.429. The highest BCUT2D eigenvalue weighted by atomic mass is 32.1. The van der Waals surface area contributed by atoms with Crippen LogP contribution in [0.3, 0.4) is 0 Å². The predicted molar refractivity (Wildman–Crippen MR) is 80.7 cm³/mol. The van der Waals surface area contributed by atoms with Crippen molar-refractivity contribution in [3.63, 3.8) is 0 Å². The average Bonchev–Trinajstić information content (AvgIpc) is 2.80. The second-order valence-corrected chi connectivity index (χ2v) is 5.23. The number of carbonyl (C=O) groups is 1. The Morgan fingerprint density at radius 3 is 3.00 bits per heavy atom. The number of anilines is 1. The van der Waals surface area contributed by atoms with Crippen molar-refractivity contribution in [3.8, 4) is 5.75 Å². The van der Waals surface area contributed by atoms with Crippen LogP contribution in [0.1, 0.15) is 26.7 Å². The van der Waals surface area contributed by atoms with Gasteiger partial charge in [0.25, 0.3) is 0 Å². The molecule has 0 spiro atoms. The topological polar surface area (TPSA) is 60.5 Å². The third-order valence-electron chi connectivity index (χ3n) is 2.61. The van der Waals surface area contributed by atoms with E-state index in [9.17, 15) is 4.79 Å². The molecule has 6 heteroatoms. The number of hydrogen-bond acceptors (Lipinski definition) is 5. The van der Waals surface area contributed by atoms with E-state index >= 15 is 0 Å². The van der Waals surface area contributed by atoms with Crippen molar-refractivity contribution in [2.45, 2.75) is 26.7 Å². The second kappa shape index (κ2) is 7.09. The van der Waals surface area contributed by atoms with E-state index in [2.05, 4.69) is 10.3 Å². The molecule has 2 aromatic rings. The molecule has 1 aromatic carbocycles. The Hall–Kier alpha value is -1.82. The van der Waals surface area contributed by atoms with Crippen molar-refractivity contribution in [2.75, 3.05) is 18.5 Å². The normalized spacial score (nSPS) is 10.5. The lowest BCUT2D eigenvalue weighted by molar-refractivity contribution is 0.160. The Morgan fingerprint density at radius 2 is 2.25 bits per heavy atom. The fourth-order valence-corrected chi connectivity index (χ4v) is 2.53. The third-order valence-corrected chi connectivity index (χ3v) is 3.54. The molecule has 20 heavy (non-hydrogen) atoms. The highest BCUT2D eigenvalue weighted by molar-refractivity contribution is 7.22. The Labute approximate surface area is 121 Å². The zero-order valence-corrected chi connectivity index (χ0v) is 12.5. The largest absolute Gasteiger partial charge is 0.494 e. The molecular weight excluding hydrogens is 276 g/mol. The maximum absolute atomic E-state index is 11.5. The van der Waals surface area contributed by atoms with Gasteiger partial charge < -0.3 is 9.47 Å². The Kier molecular flexibility index (Phi) is 5.17. The van der Waals surface area contributed by atoms with Crippen LogP contribution in [0.15, 0.2) is 18.2 Å². The summed E-state index contributed by atoms with van der Waals surface area (Å²) in [4.78, 5) is 15.9. The molecule has 1 aromatic heterocycles. The van der Waals surface area contributed by atoms with Gasteiger partial charge in [-0.1, -0.05) is 24.7 Å². The second-order valence-electron chi connectivity index (χ2n) is 4.20. The lowest BCUT2D eigenvalue weighted by Gasteiger charge is -2.02. The van der Waals surface area contributed by atoms with Gasteiger partial charge in [0.05, 0.1) is 23.4 Å². The van der Waals surface area contributed by atoms with Gasteiger partial charge in [-0.3, -0.25) is 5.32 Å². The highest BCUT2D eigenvalue weighted by Crippen LogP contribution is 2.29. The zero-order valence-electron chi connectivity index (χ0n) is 11.6. The molecule has 0 aliphatic rings. The van der Waals surface area contributed by atoms with Crippen molar-refractivity contribution >= 4 is 32.8 Å². The summed E-state index contributed by atoms with van der Waals surface area (Å²) in [6.45, 7) is 5.04. The van der Waals surface area contributed by atoms with E-state index in [-0.39, 0.29) is 0 Å². The lowest BCUT2D eigenvalue weighted by Crippen LogP contribution is -2.13. The molecule has 0 saturated heterocycles.